The number of benzene rings is 2. The number of allylic oxidation sites excluding steroid dienone is 2. The normalized spacial score (nSPS) is 22.5. The van der Waals surface area contributed by atoms with E-state index in [1.807, 2.05) is 11.1 Å². The molecule has 0 saturated heterocycles. The summed E-state index contributed by atoms with van der Waals surface area (Å²) < 4.78 is 1.68. The van der Waals surface area contributed by atoms with Gasteiger partial charge in [0.2, 0.25) is 0 Å². The van der Waals surface area contributed by atoms with Gasteiger partial charge in [-0.2, -0.15) is 0 Å². The molecule has 0 nitrogen and oxygen atoms in total. The Labute approximate surface area is 222 Å². The summed E-state index contributed by atoms with van der Waals surface area (Å²) in [4.78, 5) is 0. The van der Waals surface area contributed by atoms with E-state index in [9.17, 15) is 0 Å². The molecule has 0 aromatic heterocycles. The van der Waals surface area contributed by atoms with Crippen LogP contribution in [-0.4, -0.2) is 6.22 Å². The second kappa shape index (κ2) is 10.4. The Bertz CT molecular complexity index is 1120. The van der Waals surface area contributed by atoms with Crippen LogP contribution in [0.1, 0.15) is 131 Å². The number of hydrogen-bond donors (Lipinski definition) is 0. The van der Waals surface area contributed by atoms with E-state index in [-0.39, 0.29) is 0 Å². The van der Waals surface area contributed by atoms with E-state index in [0.29, 0.717) is 6.22 Å². The first-order valence-corrected chi connectivity index (χ1v) is 26.4. The summed E-state index contributed by atoms with van der Waals surface area (Å²) in [6.07, 6.45) is 18.4. The molecule has 2 atom stereocenters. The van der Waals surface area contributed by atoms with Crippen LogP contribution in [0.5, 0.6) is 0 Å². The molecule has 182 valence electrons. The van der Waals surface area contributed by atoms with Crippen molar-refractivity contribution >= 4 is 18.4 Å². The van der Waals surface area contributed by atoms with Crippen molar-refractivity contribution in [1.29, 1.82) is 0 Å². The molecule has 2 aromatic carbocycles. The Kier molecular flexibility index (Phi) is 7.24. The molecule has 2 fully saturated rings. The van der Waals surface area contributed by atoms with Crippen LogP contribution in [-0.2, 0) is 20.1 Å². The summed E-state index contributed by atoms with van der Waals surface area (Å²) in [5, 5.41) is 0. The molecular formula is C33H42HfSi. The second-order valence-electron chi connectivity index (χ2n) is 11.5. The first kappa shape index (κ1) is 24.3. The summed E-state index contributed by atoms with van der Waals surface area (Å²) in [6, 6.07) is 16.4. The Balaban J connectivity index is 1.47. The number of fused-ring (bicyclic) bond motifs is 2. The molecule has 2 heteroatoms. The summed E-state index contributed by atoms with van der Waals surface area (Å²) in [5.41, 5.74) is 13.9. The van der Waals surface area contributed by atoms with E-state index < -0.39 is 20.1 Å². The van der Waals surface area contributed by atoms with E-state index in [2.05, 4.69) is 69.3 Å². The van der Waals surface area contributed by atoms with Gasteiger partial charge in [-0.05, 0) is 0 Å². The van der Waals surface area contributed by atoms with Crippen molar-refractivity contribution < 1.29 is 20.1 Å². The van der Waals surface area contributed by atoms with Gasteiger partial charge in [0.1, 0.15) is 0 Å². The quantitative estimate of drug-likeness (QED) is 0.179. The van der Waals surface area contributed by atoms with Crippen molar-refractivity contribution in [2.75, 3.05) is 0 Å². The molecule has 4 aliphatic rings. The van der Waals surface area contributed by atoms with Crippen LogP contribution < -0.4 is 0 Å². The van der Waals surface area contributed by atoms with Gasteiger partial charge < -0.3 is 0 Å². The monoisotopic (exact) mass is 646 g/mol. The fourth-order valence-corrected chi connectivity index (χ4v) is 36.3. The van der Waals surface area contributed by atoms with Crippen LogP contribution in [0.2, 0.25) is 6.04 Å². The van der Waals surface area contributed by atoms with Crippen molar-refractivity contribution in [3.05, 3.63) is 80.9 Å². The summed E-state index contributed by atoms with van der Waals surface area (Å²) in [6.45, 7) is 7.26. The predicted molar refractivity (Wildman–Crippen MR) is 150 cm³/mol. The average molecular weight is 645 g/mol. The number of rotatable bonds is 10. The fourth-order valence-electron chi connectivity index (χ4n) is 6.94. The average Bonchev–Trinajstić information content (AvgIpc) is 3.82. The van der Waals surface area contributed by atoms with Crippen LogP contribution >= 0.6 is 0 Å². The Hall–Kier alpha value is -0.993. The van der Waals surface area contributed by atoms with E-state index in [1.54, 1.807) is 39.4 Å². The van der Waals surface area contributed by atoms with E-state index in [4.69, 9.17) is 0 Å². The molecule has 0 amide bonds. The third-order valence-electron chi connectivity index (χ3n) is 9.08. The molecule has 2 saturated carbocycles. The zero-order valence-electron chi connectivity index (χ0n) is 22.1. The van der Waals surface area contributed by atoms with Crippen LogP contribution in [0.25, 0.3) is 12.2 Å². The Morgan fingerprint density at radius 1 is 0.686 bits per heavy atom. The minimum atomic E-state index is -2.13. The van der Waals surface area contributed by atoms with Crippen molar-refractivity contribution in [3.63, 3.8) is 0 Å². The molecule has 4 aliphatic carbocycles. The second-order valence-corrected chi connectivity index (χ2v) is 30.0. The fraction of sp³-hybridized carbons (Fsp3) is 0.515. The van der Waals surface area contributed by atoms with E-state index in [0.717, 1.165) is 19.2 Å². The zero-order valence-corrected chi connectivity index (χ0v) is 26.8. The first-order chi connectivity index (χ1) is 17.2. The summed E-state index contributed by atoms with van der Waals surface area (Å²) in [7, 11) is 0. The van der Waals surface area contributed by atoms with Gasteiger partial charge >= 0.3 is 223 Å². The standard InChI is InChI=1S/2C14H15.C5H12Si.Hf/c2*1-2-10-8-12-4-3-5-13(11-6-7-11)14(12)9-10;1-2-3-4-5-6;/h2*3-5,8-9,11H,2,6-7H2,1H3;6H,2-5H2,1H3;. The van der Waals surface area contributed by atoms with Crippen LogP contribution in [0, 0.1) is 0 Å². The van der Waals surface area contributed by atoms with Gasteiger partial charge in [0.25, 0.3) is 0 Å². The van der Waals surface area contributed by atoms with Crippen molar-refractivity contribution in [1.82, 2.24) is 0 Å². The van der Waals surface area contributed by atoms with Crippen LogP contribution in [0.3, 0.4) is 0 Å². The number of hydrogen-bond acceptors (Lipinski definition) is 0. The molecule has 0 aliphatic heterocycles. The third kappa shape index (κ3) is 4.61. The zero-order chi connectivity index (χ0) is 23.9. The molecule has 0 bridgehead atoms. The molecular weight excluding hydrogens is 603 g/mol. The van der Waals surface area contributed by atoms with Crippen molar-refractivity contribution in [2.24, 2.45) is 0 Å². The van der Waals surface area contributed by atoms with Gasteiger partial charge in [-0.25, -0.2) is 0 Å². The Morgan fingerprint density at radius 2 is 1.17 bits per heavy atom. The molecule has 0 radical (unpaired) electrons. The third-order valence-corrected chi connectivity index (χ3v) is 33.6. The maximum absolute atomic E-state index is 2.70. The number of unbranched alkanes of at least 4 members (excludes halogenated alkanes) is 2. The summed E-state index contributed by atoms with van der Waals surface area (Å²) >= 11 is -2.13. The SMILES string of the molecule is CCCCC[SiH]=[Hf]([CH]1C(CC)=Cc2c(C3CC3)cccc21)[CH]1C(CC)=Cc2c(C3CC3)cccc21. The summed E-state index contributed by atoms with van der Waals surface area (Å²) in [5.74, 6) is 1.70. The molecule has 6 rings (SSSR count). The molecule has 2 aromatic rings. The van der Waals surface area contributed by atoms with Gasteiger partial charge in [0, 0.05) is 0 Å². The van der Waals surface area contributed by atoms with Gasteiger partial charge in [-0.1, -0.05) is 0 Å². The first-order valence-electron chi connectivity index (χ1n) is 14.6. The van der Waals surface area contributed by atoms with Crippen LogP contribution in [0.15, 0.2) is 47.5 Å². The van der Waals surface area contributed by atoms with Crippen molar-refractivity contribution in [2.45, 2.75) is 104 Å². The minimum absolute atomic E-state index is 0.616. The van der Waals surface area contributed by atoms with Gasteiger partial charge in [0.05, 0.1) is 0 Å². The maximum atomic E-state index is 2.70. The molecule has 0 N–H and O–H groups in total. The van der Waals surface area contributed by atoms with Gasteiger partial charge in [-0.3, -0.25) is 0 Å². The molecule has 2 unspecified atom stereocenters. The Morgan fingerprint density at radius 3 is 1.60 bits per heavy atom. The van der Waals surface area contributed by atoms with E-state index >= 15 is 0 Å². The van der Waals surface area contributed by atoms with Gasteiger partial charge in [0.15, 0.2) is 0 Å². The molecule has 35 heavy (non-hydrogen) atoms. The van der Waals surface area contributed by atoms with Crippen molar-refractivity contribution in [3.8, 4) is 0 Å². The van der Waals surface area contributed by atoms with Crippen LogP contribution in [0.4, 0.5) is 0 Å². The van der Waals surface area contributed by atoms with E-state index in [1.165, 1.54) is 57.8 Å². The molecule has 0 spiro atoms. The van der Waals surface area contributed by atoms with Gasteiger partial charge in [-0.15, -0.1) is 0 Å². The molecule has 0 heterocycles. The predicted octanol–water partition coefficient (Wildman–Crippen LogP) is 9.42. The topological polar surface area (TPSA) is 0 Å².